The molecule has 2 aromatic rings. The Morgan fingerprint density at radius 3 is 2.48 bits per heavy atom. The normalized spacial score (nSPS) is 20.2. The highest BCUT2D eigenvalue weighted by Crippen LogP contribution is 2.35. The largest absolute Gasteiger partial charge is 0.316 e. The quantitative estimate of drug-likeness (QED) is 0.937. The summed E-state index contributed by atoms with van der Waals surface area (Å²) in [6.07, 6.45) is 0.516. The molecule has 0 aromatic heterocycles. The second-order valence-electron chi connectivity index (χ2n) is 5.44. The minimum Gasteiger partial charge on any atom is -0.316 e. The van der Waals surface area contributed by atoms with Crippen LogP contribution in [0.5, 0.6) is 0 Å². The molecule has 0 bridgehead atoms. The maximum absolute atomic E-state index is 14.3. The van der Waals surface area contributed by atoms with Crippen molar-refractivity contribution in [3.05, 3.63) is 71.5 Å². The molecule has 1 fully saturated rings. The van der Waals surface area contributed by atoms with Gasteiger partial charge in [-0.1, -0.05) is 48.5 Å². The molecule has 3 rings (SSSR count). The first-order chi connectivity index (χ1) is 10.3. The maximum atomic E-state index is 14.3. The second kappa shape index (κ2) is 6.19. The summed E-state index contributed by atoms with van der Waals surface area (Å²) in [6, 6.07) is 16.5. The lowest BCUT2D eigenvalue weighted by molar-refractivity contribution is -0.124. The van der Waals surface area contributed by atoms with Gasteiger partial charge in [0.2, 0.25) is 0 Å². The van der Waals surface area contributed by atoms with E-state index in [1.807, 2.05) is 36.4 Å². The van der Waals surface area contributed by atoms with E-state index in [-0.39, 0.29) is 23.4 Å². The Labute approximate surface area is 124 Å². The van der Waals surface area contributed by atoms with Crippen molar-refractivity contribution in [1.82, 2.24) is 5.32 Å². The molecule has 2 aromatic carbocycles. The van der Waals surface area contributed by atoms with Gasteiger partial charge in [0.25, 0.3) is 0 Å². The van der Waals surface area contributed by atoms with Crippen molar-refractivity contribution in [1.29, 1.82) is 0 Å². The minimum atomic E-state index is -0.246. The van der Waals surface area contributed by atoms with Crippen LogP contribution in [0.3, 0.4) is 0 Å². The number of carbonyl (C=O) groups excluding carboxylic acids is 1. The Kier molecular flexibility index (Phi) is 4.11. The third-order valence-corrected chi connectivity index (χ3v) is 4.13. The first kappa shape index (κ1) is 14.0. The zero-order chi connectivity index (χ0) is 14.7. The average Bonchev–Trinajstić information content (AvgIpc) is 2.52. The van der Waals surface area contributed by atoms with E-state index < -0.39 is 0 Å². The van der Waals surface area contributed by atoms with Gasteiger partial charge >= 0.3 is 0 Å². The van der Waals surface area contributed by atoms with Crippen molar-refractivity contribution in [2.75, 3.05) is 13.1 Å². The van der Waals surface area contributed by atoms with E-state index in [0.717, 1.165) is 5.56 Å². The Hall–Kier alpha value is -2.00. The molecular weight excluding hydrogens is 265 g/mol. The van der Waals surface area contributed by atoms with Crippen LogP contribution < -0.4 is 5.32 Å². The average molecular weight is 283 g/mol. The third-order valence-electron chi connectivity index (χ3n) is 4.13. The van der Waals surface area contributed by atoms with E-state index in [1.165, 1.54) is 6.07 Å². The van der Waals surface area contributed by atoms with Gasteiger partial charge in [0.15, 0.2) is 0 Å². The third kappa shape index (κ3) is 2.88. The van der Waals surface area contributed by atoms with Gasteiger partial charge in [-0.15, -0.1) is 0 Å². The SMILES string of the molecule is O=C1CCNCC1C(c1ccccc1)c1ccccc1F. The molecule has 1 aliphatic heterocycles. The summed E-state index contributed by atoms with van der Waals surface area (Å²) in [5, 5.41) is 3.26. The highest BCUT2D eigenvalue weighted by Gasteiger charge is 2.33. The van der Waals surface area contributed by atoms with Gasteiger partial charge in [0.05, 0.1) is 0 Å². The van der Waals surface area contributed by atoms with Crippen LogP contribution in [0.2, 0.25) is 0 Å². The van der Waals surface area contributed by atoms with Gasteiger partial charge in [-0.3, -0.25) is 4.79 Å². The maximum Gasteiger partial charge on any atom is 0.139 e. The molecule has 1 N–H and O–H groups in total. The van der Waals surface area contributed by atoms with E-state index >= 15 is 0 Å². The van der Waals surface area contributed by atoms with E-state index in [1.54, 1.807) is 12.1 Å². The molecule has 1 heterocycles. The van der Waals surface area contributed by atoms with Crippen molar-refractivity contribution in [2.45, 2.75) is 12.3 Å². The number of hydrogen-bond donors (Lipinski definition) is 1. The molecule has 2 atom stereocenters. The summed E-state index contributed by atoms with van der Waals surface area (Å²) in [6.45, 7) is 1.32. The van der Waals surface area contributed by atoms with Gasteiger partial charge in [-0.25, -0.2) is 4.39 Å². The van der Waals surface area contributed by atoms with Crippen LogP contribution >= 0.6 is 0 Å². The Bertz CT molecular complexity index is 626. The molecule has 0 amide bonds. The number of halogens is 1. The number of piperidine rings is 1. The van der Waals surface area contributed by atoms with Gasteiger partial charge < -0.3 is 5.32 Å². The van der Waals surface area contributed by atoms with Crippen LogP contribution in [-0.4, -0.2) is 18.9 Å². The van der Waals surface area contributed by atoms with Crippen molar-refractivity contribution in [3.63, 3.8) is 0 Å². The summed E-state index contributed by atoms with van der Waals surface area (Å²) in [5.74, 6) is -0.471. The Morgan fingerprint density at radius 1 is 1.05 bits per heavy atom. The van der Waals surface area contributed by atoms with E-state index in [2.05, 4.69) is 5.32 Å². The highest BCUT2D eigenvalue weighted by atomic mass is 19.1. The lowest BCUT2D eigenvalue weighted by atomic mass is 9.76. The summed E-state index contributed by atoms with van der Waals surface area (Å²) in [7, 11) is 0. The lowest BCUT2D eigenvalue weighted by Crippen LogP contribution is -2.40. The van der Waals surface area contributed by atoms with Crippen LogP contribution in [0.4, 0.5) is 4.39 Å². The zero-order valence-corrected chi connectivity index (χ0v) is 11.8. The van der Waals surface area contributed by atoms with E-state index in [9.17, 15) is 9.18 Å². The number of nitrogens with one attached hydrogen (secondary N) is 1. The Balaban J connectivity index is 2.07. The predicted octanol–water partition coefficient (Wildman–Crippen LogP) is 3.14. The first-order valence-corrected chi connectivity index (χ1v) is 7.30. The molecule has 1 aliphatic rings. The summed E-state index contributed by atoms with van der Waals surface area (Å²) in [4.78, 5) is 12.3. The van der Waals surface area contributed by atoms with Crippen LogP contribution in [0.1, 0.15) is 23.5 Å². The van der Waals surface area contributed by atoms with Crippen LogP contribution in [0.25, 0.3) is 0 Å². The number of carbonyl (C=O) groups is 1. The zero-order valence-electron chi connectivity index (χ0n) is 11.8. The van der Waals surface area contributed by atoms with Gasteiger partial charge in [0, 0.05) is 31.3 Å². The molecule has 108 valence electrons. The van der Waals surface area contributed by atoms with Crippen LogP contribution in [-0.2, 0) is 4.79 Å². The second-order valence-corrected chi connectivity index (χ2v) is 5.44. The van der Waals surface area contributed by atoms with Crippen LogP contribution in [0, 0.1) is 11.7 Å². The summed E-state index contributed by atoms with van der Waals surface area (Å²) in [5.41, 5.74) is 1.59. The molecule has 2 nitrogen and oxygen atoms in total. The standard InChI is InChI=1S/C18H18FNO/c19-16-9-5-4-8-14(16)18(13-6-2-1-3-7-13)15-12-20-11-10-17(15)21/h1-9,15,18,20H,10-12H2. The number of benzene rings is 2. The summed E-state index contributed by atoms with van der Waals surface area (Å²) >= 11 is 0. The van der Waals surface area contributed by atoms with Crippen LogP contribution in [0.15, 0.2) is 54.6 Å². The molecule has 0 saturated carbocycles. The molecule has 2 unspecified atom stereocenters. The topological polar surface area (TPSA) is 29.1 Å². The molecule has 0 spiro atoms. The highest BCUT2D eigenvalue weighted by molar-refractivity contribution is 5.83. The van der Waals surface area contributed by atoms with E-state index in [0.29, 0.717) is 25.1 Å². The molecule has 0 aliphatic carbocycles. The summed E-state index contributed by atoms with van der Waals surface area (Å²) < 4.78 is 14.3. The minimum absolute atomic E-state index is 0.210. The number of Topliss-reactive ketones (excluding diaryl/α,β-unsaturated/α-hetero) is 1. The van der Waals surface area contributed by atoms with E-state index in [4.69, 9.17) is 0 Å². The van der Waals surface area contributed by atoms with Crippen molar-refractivity contribution >= 4 is 5.78 Å². The van der Waals surface area contributed by atoms with Gasteiger partial charge in [-0.2, -0.15) is 0 Å². The Morgan fingerprint density at radius 2 is 1.76 bits per heavy atom. The van der Waals surface area contributed by atoms with Crippen molar-refractivity contribution < 1.29 is 9.18 Å². The predicted molar refractivity (Wildman–Crippen MR) is 80.7 cm³/mol. The molecule has 3 heteroatoms. The smallest absolute Gasteiger partial charge is 0.139 e. The lowest BCUT2D eigenvalue weighted by Gasteiger charge is -2.30. The molecule has 0 radical (unpaired) electrons. The van der Waals surface area contributed by atoms with Crippen molar-refractivity contribution in [3.8, 4) is 0 Å². The molecule has 1 saturated heterocycles. The fourth-order valence-electron chi connectivity index (χ4n) is 3.09. The fourth-order valence-corrected chi connectivity index (χ4v) is 3.09. The fraction of sp³-hybridized carbons (Fsp3) is 0.278. The van der Waals surface area contributed by atoms with Gasteiger partial charge in [-0.05, 0) is 17.2 Å². The number of ketones is 1. The number of hydrogen-bond acceptors (Lipinski definition) is 2. The van der Waals surface area contributed by atoms with Gasteiger partial charge in [0.1, 0.15) is 11.6 Å². The van der Waals surface area contributed by atoms with Crippen molar-refractivity contribution in [2.24, 2.45) is 5.92 Å². The molecular formula is C18H18FNO. The number of rotatable bonds is 3. The monoisotopic (exact) mass is 283 g/mol. The molecule has 21 heavy (non-hydrogen) atoms. The first-order valence-electron chi connectivity index (χ1n) is 7.30.